The first-order valence-electron chi connectivity index (χ1n) is 4.51. The third-order valence-electron chi connectivity index (χ3n) is 2.21. The highest BCUT2D eigenvalue weighted by Gasteiger charge is 2.40. The van der Waals surface area contributed by atoms with Crippen molar-refractivity contribution in [2.75, 3.05) is 0 Å². The second-order valence-corrected chi connectivity index (χ2v) is 3.24. The number of carbonyl (C=O) groups is 2. The minimum atomic E-state index is -0.771. The first-order valence-corrected chi connectivity index (χ1v) is 4.51. The van der Waals surface area contributed by atoms with E-state index in [1.807, 2.05) is 30.3 Å². The zero-order valence-electron chi connectivity index (χ0n) is 7.92. The molecule has 0 N–H and O–H groups in total. The molecule has 0 spiro atoms. The van der Waals surface area contributed by atoms with Crippen molar-refractivity contribution >= 4 is 19.7 Å². The molecule has 2 radical (unpaired) electrons. The smallest absolute Gasteiger partial charge is 0.420 e. The SMILES string of the molecule is [B]C(=O)N1C(=O)O[C@@H]1Cc1ccccc1. The summed E-state index contributed by atoms with van der Waals surface area (Å²) in [4.78, 5) is 22.6. The number of hydrogen-bond donors (Lipinski definition) is 0. The second kappa shape index (κ2) is 3.77. The highest BCUT2D eigenvalue weighted by molar-refractivity contribution is 6.58. The van der Waals surface area contributed by atoms with Gasteiger partial charge in [0.05, 0.1) is 0 Å². The number of imide groups is 1. The number of hydrogen-bond acceptors (Lipinski definition) is 3. The lowest BCUT2D eigenvalue weighted by atomic mass is 10.1. The maximum absolute atomic E-state index is 10.9. The van der Waals surface area contributed by atoms with E-state index in [1.165, 1.54) is 0 Å². The van der Waals surface area contributed by atoms with Gasteiger partial charge in [-0.1, -0.05) is 30.3 Å². The van der Waals surface area contributed by atoms with Gasteiger partial charge >= 0.3 is 6.09 Å². The summed E-state index contributed by atoms with van der Waals surface area (Å²) in [5, 5.41) is 0. The van der Waals surface area contributed by atoms with E-state index >= 15 is 0 Å². The average molecular weight is 201 g/mol. The van der Waals surface area contributed by atoms with Crippen LogP contribution in [0.25, 0.3) is 0 Å². The molecular formula is C10H8BNO3. The van der Waals surface area contributed by atoms with Gasteiger partial charge in [-0.2, -0.15) is 0 Å². The predicted octanol–water partition coefficient (Wildman–Crippen LogP) is 1.30. The molecule has 0 unspecified atom stereocenters. The zero-order valence-corrected chi connectivity index (χ0v) is 7.92. The number of carbonyl (C=O) groups excluding carboxylic acids is 2. The Labute approximate surface area is 88.2 Å². The quantitative estimate of drug-likeness (QED) is 0.677. The molecule has 1 aliphatic heterocycles. The van der Waals surface area contributed by atoms with Crippen molar-refractivity contribution in [2.45, 2.75) is 12.6 Å². The van der Waals surface area contributed by atoms with Crippen molar-refractivity contribution in [3.8, 4) is 0 Å². The number of cyclic esters (lactones) is 1. The summed E-state index contributed by atoms with van der Waals surface area (Å²) in [5.41, 5.74) is 0.987. The van der Waals surface area contributed by atoms with Crippen LogP contribution in [0.15, 0.2) is 30.3 Å². The number of ether oxygens (including phenoxy) is 1. The van der Waals surface area contributed by atoms with E-state index in [-0.39, 0.29) is 0 Å². The monoisotopic (exact) mass is 201 g/mol. The topological polar surface area (TPSA) is 46.6 Å². The summed E-state index contributed by atoms with van der Waals surface area (Å²) in [7, 11) is 5.02. The Kier molecular flexibility index (Phi) is 2.45. The van der Waals surface area contributed by atoms with Gasteiger partial charge in [0, 0.05) is 6.42 Å². The van der Waals surface area contributed by atoms with Gasteiger partial charge in [-0.15, -0.1) is 0 Å². The lowest BCUT2D eigenvalue weighted by Crippen LogP contribution is -2.57. The Morgan fingerprint density at radius 1 is 1.40 bits per heavy atom. The Balaban J connectivity index is 2.03. The first-order chi connectivity index (χ1) is 7.18. The Morgan fingerprint density at radius 3 is 2.60 bits per heavy atom. The first kappa shape index (κ1) is 9.77. The Hall–Kier alpha value is -1.78. The zero-order chi connectivity index (χ0) is 10.8. The maximum atomic E-state index is 10.9. The van der Waals surface area contributed by atoms with Crippen LogP contribution in [0.4, 0.5) is 9.59 Å². The molecule has 2 rings (SSSR count). The van der Waals surface area contributed by atoms with Gasteiger partial charge in [-0.05, 0) is 5.56 Å². The molecule has 5 heteroatoms. The van der Waals surface area contributed by atoms with Crippen LogP contribution in [-0.2, 0) is 11.2 Å². The van der Waals surface area contributed by atoms with E-state index < -0.39 is 18.1 Å². The fourth-order valence-corrected chi connectivity index (χ4v) is 1.47. The van der Waals surface area contributed by atoms with E-state index in [0.717, 1.165) is 10.5 Å². The van der Waals surface area contributed by atoms with Crippen LogP contribution >= 0.6 is 0 Å². The molecule has 0 saturated carbocycles. The lowest BCUT2D eigenvalue weighted by molar-refractivity contribution is -0.0647. The molecule has 74 valence electrons. The van der Waals surface area contributed by atoms with E-state index in [9.17, 15) is 9.59 Å². The number of benzene rings is 1. The fraction of sp³-hybridized carbons (Fsp3) is 0.200. The van der Waals surface area contributed by atoms with Gasteiger partial charge in [0.25, 0.3) is 0 Å². The van der Waals surface area contributed by atoms with Crippen molar-refractivity contribution in [2.24, 2.45) is 0 Å². The van der Waals surface area contributed by atoms with Crippen molar-refractivity contribution in [3.63, 3.8) is 0 Å². The second-order valence-electron chi connectivity index (χ2n) is 3.24. The van der Waals surface area contributed by atoms with Gasteiger partial charge < -0.3 is 4.74 Å². The summed E-state index contributed by atoms with van der Waals surface area (Å²) >= 11 is 0. The molecule has 1 atom stereocenters. The minimum Gasteiger partial charge on any atom is -0.424 e. The van der Waals surface area contributed by atoms with E-state index in [0.29, 0.717) is 6.42 Å². The maximum Gasteiger partial charge on any atom is 0.420 e. The van der Waals surface area contributed by atoms with E-state index in [1.54, 1.807) is 0 Å². The largest absolute Gasteiger partial charge is 0.424 e. The Bertz CT molecular complexity index is 385. The Morgan fingerprint density at radius 2 is 2.07 bits per heavy atom. The number of amides is 2. The van der Waals surface area contributed by atoms with Crippen LogP contribution in [0, 0.1) is 0 Å². The minimum absolute atomic E-state index is 0.468. The van der Waals surface area contributed by atoms with Crippen LogP contribution in [0.1, 0.15) is 5.56 Å². The van der Waals surface area contributed by atoms with Crippen molar-refractivity contribution in [3.05, 3.63) is 35.9 Å². The standard InChI is InChI=1S/C10H8BNO3/c11-9(13)12-8(15-10(12)14)6-7-4-2-1-3-5-7/h1-5,8H,6H2/t8-/m1/s1. The molecule has 1 heterocycles. The van der Waals surface area contributed by atoms with Gasteiger partial charge in [0.2, 0.25) is 7.85 Å². The number of nitrogens with zero attached hydrogens (tertiary/aromatic N) is 1. The molecule has 0 aliphatic carbocycles. The van der Waals surface area contributed by atoms with Crippen LogP contribution in [-0.4, -0.2) is 30.9 Å². The van der Waals surface area contributed by atoms with Gasteiger partial charge in [0.15, 0.2) is 12.0 Å². The normalized spacial score (nSPS) is 19.3. The number of rotatable bonds is 2. The van der Waals surface area contributed by atoms with Crippen molar-refractivity contribution in [1.82, 2.24) is 4.90 Å². The molecule has 2 amide bonds. The lowest BCUT2D eigenvalue weighted by Gasteiger charge is -2.37. The fourth-order valence-electron chi connectivity index (χ4n) is 1.47. The van der Waals surface area contributed by atoms with Crippen LogP contribution in [0.3, 0.4) is 0 Å². The summed E-state index contributed by atoms with van der Waals surface area (Å²) in [6, 6.07) is 9.44. The third kappa shape index (κ3) is 1.86. The van der Waals surface area contributed by atoms with Crippen molar-refractivity contribution in [1.29, 1.82) is 0 Å². The van der Waals surface area contributed by atoms with Gasteiger partial charge in [-0.25, -0.2) is 9.69 Å². The highest BCUT2D eigenvalue weighted by Crippen LogP contribution is 2.20. The molecule has 0 aromatic heterocycles. The van der Waals surface area contributed by atoms with Crippen LogP contribution in [0.5, 0.6) is 0 Å². The summed E-state index contributed by atoms with van der Waals surface area (Å²) in [5.74, 6) is -0.771. The van der Waals surface area contributed by atoms with E-state index in [2.05, 4.69) is 0 Å². The average Bonchev–Trinajstić information content (AvgIpc) is 2.17. The molecule has 0 bridgehead atoms. The molecule has 4 nitrogen and oxygen atoms in total. The predicted molar refractivity (Wildman–Crippen MR) is 53.4 cm³/mol. The van der Waals surface area contributed by atoms with Crippen molar-refractivity contribution < 1.29 is 14.3 Å². The summed E-state index contributed by atoms with van der Waals surface area (Å²) in [6.07, 6.45) is -0.768. The van der Waals surface area contributed by atoms with Gasteiger partial charge in [-0.3, -0.25) is 4.79 Å². The molecule has 1 aliphatic rings. The highest BCUT2D eigenvalue weighted by atomic mass is 16.6. The molecule has 1 fully saturated rings. The molecular weight excluding hydrogens is 193 g/mol. The molecule has 15 heavy (non-hydrogen) atoms. The third-order valence-corrected chi connectivity index (χ3v) is 2.21. The van der Waals surface area contributed by atoms with Gasteiger partial charge in [0.1, 0.15) is 0 Å². The molecule has 1 aromatic carbocycles. The van der Waals surface area contributed by atoms with E-state index in [4.69, 9.17) is 12.6 Å². The summed E-state index contributed by atoms with van der Waals surface area (Å²) < 4.78 is 4.80. The van der Waals surface area contributed by atoms with Crippen LogP contribution < -0.4 is 0 Å². The summed E-state index contributed by atoms with van der Waals surface area (Å²) in [6.45, 7) is 0. The molecule has 1 saturated heterocycles. The van der Waals surface area contributed by atoms with Crippen LogP contribution in [0.2, 0.25) is 0 Å². The molecule has 1 aromatic rings.